The molecule has 0 aromatic heterocycles. The summed E-state index contributed by atoms with van der Waals surface area (Å²) in [4.78, 5) is 8.28. The van der Waals surface area contributed by atoms with E-state index >= 15 is 0 Å². The zero-order chi connectivity index (χ0) is 14.2. The van der Waals surface area contributed by atoms with Crippen LogP contribution in [0.3, 0.4) is 0 Å². The summed E-state index contributed by atoms with van der Waals surface area (Å²) in [5, 5.41) is 22.8. The van der Waals surface area contributed by atoms with E-state index in [9.17, 15) is 10.2 Å². The Morgan fingerprint density at radius 1 is 0.714 bits per heavy atom. The van der Waals surface area contributed by atoms with E-state index in [1.807, 2.05) is 0 Å². The van der Waals surface area contributed by atoms with Crippen LogP contribution in [0.25, 0.3) is 0 Å². The number of benzene rings is 2. The predicted molar refractivity (Wildman–Crippen MR) is 76.7 cm³/mol. The van der Waals surface area contributed by atoms with Gasteiger partial charge >= 0.3 is 16.5 Å². The van der Waals surface area contributed by atoms with Gasteiger partial charge in [-0.1, -0.05) is 48.5 Å². The molecule has 0 heterocycles. The van der Waals surface area contributed by atoms with Gasteiger partial charge in [0.2, 0.25) is 0 Å². The first-order valence-corrected chi connectivity index (χ1v) is 6.29. The minimum Gasteiger partial charge on any atom is -0.872 e. The van der Waals surface area contributed by atoms with E-state index in [1.165, 1.54) is 12.1 Å². The standard InChI is InChI=1S/C16H16N2O2.Ni/c19-15-7-3-1-5-13(15)11-17-9-10-18-12-14-6-2-4-8-16(14)20;/h1-8,11-12,19-20H,9-10H2;/q;+2/p-2. The third-order valence-corrected chi connectivity index (χ3v) is 2.66. The van der Waals surface area contributed by atoms with Crippen LogP contribution in [0.2, 0.25) is 0 Å². The fraction of sp³-hybridized carbons (Fsp3) is 0.125. The smallest absolute Gasteiger partial charge is 0.872 e. The molecule has 110 valence electrons. The van der Waals surface area contributed by atoms with Gasteiger partial charge in [-0.25, -0.2) is 0 Å². The molecule has 0 bridgehead atoms. The van der Waals surface area contributed by atoms with E-state index in [-0.39, 0.29) is 28.0 Å². The molecule has 0 unspecified atom stereocenters. The molecule has 0 saturated heterocycles. The van der Waals surface area contributed by atoms with Gasteiger partial charge in [-0.2, -0.15) is 0 Å². The molecule has 0 aliphatic carbocycles. The van der Waals surface area contributed by atoms with Crippen molar-refractivity contribution in [3.05, 3.63) is 59.7 Å². The second kappa shape index (κ2) is 8.93. The third-order valence-electron chi connectivity index (χ3n) is 2.66. The van der Waals surface area contributed by atoms with Gasteiger partial charge in [0, 0.05) is 12.4 Å². The average molecular weight is 325 g/mol. The first kappa shape index (κ1) is 16.9. The Morgan fingerprint density at radius 2 is 1.10 bits per heavy atom. The zero-order valence-corrected chi connectivity index (χ0v) is 12.2. The van der Waals surface area contributed by atoms with Crippen LogP contribution >= 0.6 is 0 Å². The Kier molecular flexibility index (Phi) is 7.20. The van der Waals surface area contributed by atoms with E-state index in [0.717, 1.165) is 0 Å². The number of hydrogen-bond donors (Lipinski definition) is 0. The van der Waals surface area contributed by atoms with Crippen LogP contribution in [-0.4, -0.2) is 25.5 Å². The molecule has 0 radical (unpaired) electrons. The maximum absolute atomic E-state index is 11.4. The molecule has 21 heavy (non-hydrogen) atoms. The molecular weight excluding hydrogens is 311 g/mol. The predicted octanol–water partition coefficient (Wildman–Crippen LogP) is 1.37. The summed E-state index contributed by atoms with van der Waals surface area (Å²) in [5.41, 5.74) is 1.14. The maximum atomic E-state index is 11.4. The second-order valence-electron chi connectivity index (χ2n) is 4.15. The summed E-state index contributed by atoms with van der Waals surface area (Å²) < 4.78 is 0. The number of rotatable bonds is 5. The molecule has 0 atom stereocenters. The number of hydrogen-bond acceptors (Lipinski definition) is 4. The quantitative estimate of drug-likeness (QED) is 0.473. The Labute approximate surface area is 133 Å². The number of aliphatic imine (C=N–C) groups is 2. The number of para-hydroxylation sites is 2. The van der Waals surface area contributed by atoms with Crippen LogP contribution in [0.5, 0.6) is 11.5 Å². The molecule has 0 spiro atoms. The number of nitrogens with zero attached hydrogens (tertiary/aromatic N) is 2. The van der Waals surface area contributed by atoms with Crippen LogP contribution in [-0.2, 0) is 16.5 Å². The fourth-order valence-electron chi connectivity index (χ4n) is 1.62. The van der Waals surface area contributed by atoms with Crippen LogP contribution in [0.4, 0.5) is 0 Å². The molecule has 0 aliphatic rings. The van der Waals surface area contributed by atoms with Gasteiger partial charge in [0.05, 0.1) is 13.1 Å². The van der Waals surface area contributed by atoms with Crippen molar-refractivity contribution >= 4 is 12.4 Å². The minimum absolute atomic E-state index is 0. The van der Waals surface area contributed by atoms with Crippen LogP contribution in [0, 0.1) is 0 Å². The van der Waals surface area contributed by atoms with Gasteiger partial charge in [-0.05, 0) is 11.1 Å². The monoisotopic (exact) mass is 324 g/mol. The van der Waals surface area contributed by atoms with Crippen molar-refractivity contribution < 1.29 is 26.7 Å². The average Bonchev–Trinajstić information content (AvgIpc) is 2.46. The van der Waals surface area contributed by atoms with E-state index in [2.05, 4.69) is 9.98 Å². The Balaban J connectivity index is 0.00000220. The molecule has 5 heteroatoms. The van der Waals surface area contributed by atoms with Gasteiger partial charge in [-0.15, -0.1) is 11.5 Å². The maximum Gasteiger partial charge on any atom is 2.00 e. The van der Waals surface area contributed by atoms with Gasteiger partial charge in [-0.3, -0.25) is 9.98 Å². The molecule has 2 rings (SSSR count). The van der Waals surface area contributed by atoms with Crippen molar-refractivity contribution in [2.45, 2.75) is 0 Å². The van der Waals surface area contributed by atoms with E-state index in [1.54, 1.807) is 48.8 Å². The largest absolute Gasteiger partial charge is 2.00 e. The van der Waals surface area contributed by atoms with Crippen molar-refractivity contribution in [1.82, 2.24) is 0 Å². The Hall–Kier alpha value is -2.13. The molecule has 0 saturated carbocycles. The van der Waals surface area contributed by atoms with Gasteiger partial charge in [0.25, 0.3) is 0 Å². The molecule has 2 aromatic rings. The first-order valence-electron chi connectivity index (χ1n) is 6.29. The van der Waals surface area contributed by atoms with Crippen molar-refractivity contribution in [2.75, 3.05) is 13.1 Å². The van der Waals surface area contributed by atoms with E-state index in [4.69, 9.17) is 0 Å². The molecule has 0 fully saturated rings. The SMILES string of the molecule is [Ni+2].[O-]c1ccccc1C=NCCN=Cc1ccccc1[O-]. The van der Waals surface area contributed by atoms with Crippen molar-refractivity contribution in [3.63, 3.8) is 0 Å². The van der Waals surface area contributed by atoms with Crippen molar-refractivity contribution in [3.8, 4) is 11.5 Å². The van der Waals surface area contributed by atoms with Gasteiger partial charge < -0.3 is 10.2 Å². The zero-order valence-electron chi connectivity index (χ0n) is 11.2. The summed E-state index contributed by atoms with van der Waals surface area (Å²) in [5.74, 6) is -0.0833. The Bertz CT molecular complexity index is 572. The third kappa shape index (κ3) is 5.40. The summed E-state index contributed by atoms with van der Waals surface area (Å²) in [6, 6.07) is 13.5. The molecular formula is C16H14N2NiO2. The summed E-state index contributed by atoms with van der Waals surface area (Å²) in [7, 11) is 0. The first-order chi connectivity index (χ1) is 9.77. The normalized spacial score (nSPS) is 10.9. The molecule has 0 aliphatic heterocycles. The van der Waals surface area contributed by atoms with Crippen LogP contribution in [0.1, 0.15) is 11.1 Å². The van der Waals surface area contributed by atoms with Gasteiger partial charge in [0.1, 0.15) is 0 Å². The van der Waals surface area contributed by atoms with Crippen LogP contribution < -0.4 is 10.2 Å². The Morgan fingerprint density at radius 3 is 1.48 bits per heavy atom. The minimum atomic E-state index is -0.0416. The summed E-state index contributed by atoms with van der Waals surface area (Å²) >= 11 is 0. The fourth-order valence-corrected chi connectivity index (χ4v) is 1.62. The topological polar surface area (TPSA) is 70.8 Å². The molecule has 4 nitrogen and oxygen atoms in total. The van der Waals surface area contributed by atoms with E-state index in [0.29, 0.717) is 24.2 Å². The summed E-state index contributed by atoms with van der Waals surface area (Å²) in [6.45, 7) is 0.956. The van der Waals surface area contributed by atoms with Gasteiger partial charge in [0.15, 0.2) is 0 Å². The molecule has 2 aromatic carbocycles. The van der Waals surface area contributed by atoms with Crippen molar-refractivity contribution in [1.29, 1.82) is 0 Å². The molecule has 0 N–H and O–H groups in total. The van der Waals surface area contributed by atoms with Crippen molar-refractivity contribution in [2.24, 2.45) is 9.98 Å². The molecule has 0 amide bonds. The van der Waals surface area contributed by atoms with Crippen LogP contribution in [0.15, 0.2) is 58.5 Å². The summed E-state index contributed by atoms with van der Waals surface area (Å²) in [6.07, 6.45) is 3.11. The second-order valence-corrected chi connectivity index (χ2v) is 4.15. The van der Waals surface area contributed by atoms with E-state index < -0.39 is 0 Å².